The lowest BCUT2D eigenvalue weighted by atomic mass is 10.4. The first kappa shape index (κ1) is 12.3. The minimum atomic E-state index is -0.170. The summed E-state index contributed by atoms with van der Waals surface area (Å²) >= 11 is 7.30. The lowest BCUT2D eigenvalue weighted by Crippen LogP contribution is -2.26. The van der Waals surface area contributed by atoms with Crippen molar-refractivity contribution in [2.75, 3.05) is 23.9 Å². The van der Waals surface area contributed by atoms with Crippen LogP contribution in [0.25, 0.3) is 0 Å². The van der Waals surface area contributed by atoms with Crippen molar-refractivity contribution in [3.8, 4) is 0 Å². The minimum absolute atomic E-state index is 0.149. The average molecular weight is 296 g/mol. The highest BCUT2D eigenvalue weighted by Crippen LogP contribution is 2.40. The summed E-state index contributed by atoms with van der Waals surface area (Å²) in [6.07, 6.45) is 1.54. The van der Waals surface area contributed by atoms with Crippen LogP contribution in [0.5, 0.6) is 0 Å². The van der Waals surface area contributed by atoms with Crippen molar-refractivity contribution >= 4 is 45.4 Å². The van der Waals surface area contributed by atoms with Gasteiger partial charge in [0.25, 0.3) is 5.91 Å². The third-order valence-electron chi connectivity index (χ3n) is 2.93. The molecule has 1 aliphatic heterocycles. The van der Waals surface area contributed by atoms with Gasteiger partial charge >= 0.3 is 0 Å². The predicted octanol–water partition coefficient (Wildman–Crippen LogP) is 2.25. The van der Waals surface area contributed by atoms with Gasteiger partial charge in [-0.25, -0.2) is 9.97 Å². The number of thiazole rings is 1. The molecule has 0 atom stereocenters. The molecule has 2 aromatic rings. The lowest BCUT2D eigenvalue weighted by molar-refractivity contribution is 0.0990. The van der Waals surface area contributed by atoms with Gasteiger partial charge in [0.15, 0.2) is 11.5 Å². The van der Waals surface area contributed by atoms with Gasteiger partial charge in [0.1, 0.15) is 10.7 Å². The first-order valence-corrected chi connectivity index (χ1v) is 6.70. The monoisotopic (exact) mass is 295 g/mol. The molecular formula is C11H10ClN5OS. The smallest absolute Gasteiger partial charge is 0.279 e. The standard InChI is InChI=1S/C11H10ClN5OS/c1-5-14-7-9(18)16(2)6-4-13-11(12)15-8(6)17(3)10(7)19-5/h4H,1-3H3. The van der Waals surface area contributed by atoms with Crippen molar-refractivity contribution in [1.29, 1.82) is 0 Å². The van der Waals surface area contributed by atoms with E-state index < -0.39 is 0 Å². The molecule has 0 N–H and O–H groups in total. The zero-order valence-electron chi connectivity index (χ0n) is 10.5. The van der Waals surface area contributed by atoms with E-state index in [0.29, 0.717) is 17.2 Å². The van der Waals surface area contributed by atoms with E-state index in [9.17, 15) is 4.79 Å². The Morgan fingerprint density at radius 3 is 2.74 bits per heavy atom. The molecule has 0 bridgehead atoms. The molecule has 1 aliphatic rings. The third-order valence-corrected chi connectivity index (χ3v) is 4.16. The van der Waals surface area contributed by atoms with Gasteiger partial charge in [-0.15, -0.1) is 11.3 Å². The quantitative estimate of drug-likeness (QED) is 0.698. The summed E-state index contributed by atoms with van der Waals surface area (Å²) in [7, 11) is 3.51. The molecule has 0 saturated carbocycles. The Balaban J connectivity index is 2.30. The molecule has 0 radical (unpaired) electrons. The average Bonchev–Trinajstić information content (AvgIpc) is 2.75. The Hall–Kier alpha value is -1.73. The molecule has 0 fully saturated rings. The van der Waals surface area contributed by atoms with E-state index in [0.717, 1.165) is 10.0 Å². The molecule has 98 valence electrons. The summed E-state index contributed by atoms with van der Waals surface area (Å²) in [6, 6.07) is 0. The number of hydrogen-bond donors (Lipinski definition) is 0. The second kappa shape index (κ2) is 4.14. The van der Waals surface area contributed by atoms with Crippen LogP contribution in [0.15, 0.2) is 6.20 Å². The van der Waals surface area contributed by atoms with Crippen LogP contribution in [-0.4, -0.2) is 35.0 Å². The number of aryl methyl sites for hydroxylation is 1. The van der Waals surface area contributed by atoms with E-state index in [1.807, 2.05) is 18.9 Å². The number of fused-ring (bicyclic) bond motifs is 2. The van der Waals surface area contributed by atoms with Gasteiger partial charge in [0.2, 0.25) is 5.28 Å². The van der Waals surface area contributed by atoms with Crippen LogP contribution in [-0.2, 0) is 0 Å². The Morgan fingerprint density at radius 1 is 1.26 bits per heavy atom. The number of halogens is 1. The van der Waals surface area contributed by atoms with E-state index >= 15 is 0 Å². The Kier molecular flexibility index (Phi) is 2.68. The molecule has 0 unspecified atom stereocenters. The van der Waals surface area contributed by atoms with Crippen molar-refractivity contribution in [3.05, 3.63) is 22.2 Å². The van der Waals surface area contributed by atoms with E-state index in [1.165, 1.54) is 16.2 Å². The summed E-state index contributed by atoms with van der Waals surface area (Å²) < 4.78 is 0. The van der Waals surface area contributed by atoms with Crippen molar-refractivity contribution < 1.29 is 4.79 Å². The van der Waals surface area contributed by atoms with Gasteiger partial charge < -0.3 is 9.80 Å². The largest absolute Gasteiger partial charge is 0.317 e. The molecule has 3 heterocycles. The number of carbonyl (C=O) groups is 1. The van der Waals surface area contributed by atoms with Gasteiger partial charge in [0, 0.05) is 14.1 Å². The summed E-state index contributed by atoms with van der Waals surface area (Å²) in [4.78, 5) is 28.2. The first-order chi connectivity index (χ1) is 8.99. The number of aromatic nitrogens is 3. The van der Waals surface area contributed by atoms with Crippen molar-refractivity contribution in [2.24, 2.45) is 0 Å². The number of anilines is 3. The van der Waals surface area contributed by atoms with E-state index in [1.54, 1.807) is 13.2 Å². The van der Waals surface area contributed by atoms with Gasteiger partial charge in [-0.1, -0.05) is 0 Å². The van der Waals surface area contributed by atoms with Crippen LogP contribution < -0.4 is 9.80 Å². The van der Waals surface area contributed by atoms with Gasteiger partial charge in [-0.3, -0.25) is 4.79 Å². The number of amides is 1. The predicted molar refractivity (Wildman–Crippen MR) is 74.7 cm³/mol. The minimum Gasteiger partial charge on any atom is -0.317 e. The van der Waals surface area contributed by atoms with E-state index in [-0.39, 0.29) is 11.2 Å². The molecule has 0 spiro atoms. The summed E-state index contributed by atoms with van der Waals surface area (Å²) in [5.74, 6) is 0.425. The Labute approximate surface area is 118 Å². The number of nitrogens with zero attached hydrogens (tertiary/aromatic N) is 5. The summed E-state index contributed by atoms with van der Waals surface area (Å²) in [6.45, 7) is 1.87. The second-order valence-corrected chi connectivity index (χ2v) is 5.68. The molecule has 3 rings (SSSR count). The van der Waals surface area contributed by atoms with Crippen molar-refractivity contribution in [3.63, 3.8) is 0 Å². The van der Waals surface area contributed by atoms with E-state index in [2.05, 4.69) is 15.0 Å². The van der Waals surface area contributed by atoms with Crippen molar-refractivity contribution in [1.82, 2.24) is 15.0 Å². The Bertz CT molecular complexity index is 686. The fourth-order valence-corrected chi connectivity index (χ4v) is 2.98. The highest BCUT2D eigenvalue weighted by atomic mass is 35.5. The highest BCUT2D eigenvalue weighted by Gasteiger charge is 2.31. The normalized spacial score (nSPS) is 14.2. The third kappa shape index (κ3) is 1.77. The zero-order chi connectivity index (χ0) is 13.7. The molecule has 8 heteroatoms. The van der Waals surface area contributed by atoms with Gasteiger partial charge in [0.05, 0.1) is 11.2 Å². The molecule has 6 nitrogen and oxygen atoms in total. The fraction of sp³-hybridized carbons (Fsp3) is 0.273. The fourth-order valence-electron chi connectivity index (χ4n) is 1.98. The van der Waals surface area contributed by atoms with Gasteiger partial charge in [-0.2, -0.15) is 4.98 Å². The Morgan fingerprint density at radius 2 is 2.00 bits per heavy atom. The maximum Gasteiger partial charge on any atom is 0.279 e. The topological polar surface area (TPSA) is 62.2 Å². The lowest BCUT2D eigenvalue weighted by Gasteiger charge is -2.19. The zero-order valence-corrected chi connectivity index (χ0v) is 12.1. The SMILES string of the molecule is Cc1nc2c(s1)N(C)c1nc(Cl)ncc1N(C)C2=O. The molecule has 0 aliphatic carbocycles. The molecule has 0 saturated heterocycles. The number of rotatable bonds is 0. The molecular weight excluding hydrogens is 286 g/mol. The van der Waals surface area contributed by atoms with Crippen molar-refractivity contribution in [2.45, 2.75) is 6.92 Å². The van der Waals surface area contributed by atoms with Gasteiger partial charge in [-0.05, 0) is 18.5 Å². The maximum atomic E-state index is 12.4. The second-order valence-electron chi connectivity index (χ2n) is 4.16. The molecule has 0 aromatic carbocycles. The molecule has 19 heavy (non-hydrogen) atoms. The van der Waals surface area contributed by atoms with Crippen LogP contribution in [0.1, 0.15) is 15.5 Å². The van der Waals surface area contributed by atoms with Crippen LogP contribution in [0.2, 0.25) is 5.28 Å². The van der Waals surface area contributed by atoms with Crippen LogP contribution in [0.3, 0.4) is 0 Å². The first-order valence-electron chi connectivity index (χ1n) is 5.51. The van der Waals surface area contributed by atoms with Crippen LogP contribution >= 0.6 is 22.9 Å². The number of hydrogen-bond acceptors (Lipinski definition) is 6. The van der Waals surface area contributed by atoms with Crippen LogP contribution in [0.4, 0.5) is 16.5 Å². The molecule has 2 aromatic heterocycles. The number of carbonyl (C=O) groups excluding carboxylic acids is 1. The summed E-state index contributed by atoms with van der Waals surface area (Å²) in [5.41, 5.74) is 1.04. The van der Waals surface area contributed by atoms with E-state index in [4.69, 9.17) is 11.6 Å². The highest BCUT2D eigenvalue weighted by molar-refractivity contribution is 7.16. The maximum absolute atomic E-state index is 12.4. The molecule has 1 amide bonds. The van der Waals surface area contributed by atoms with Crippen LogP contribution in [0, 0.1) is 6.92 Å². The summed E-state index contributed by atoms with van der Waals surface area (Å²) in [5, 5.41) is 1.75.